The minimum Gasteiger partial charge on any atom is -0.343 e. The van der Waals surface area contributed by atoms with Gasteiger partial charge in [-0.15, -0.1) is 0 Å². The van der Waals surface area contributed by atoms with E-state index in [0.29, 0.717) is 18.4 Å². The SMILES string of the molecule is CC(C)CCN1C(=O)C2C(NC3N(c4ccccc4)CC(C)CN23)N(C)C1=O. The molecule has 4 unspecified atom stereocenters. The quantitative estimate of drug-likeness (QED) is 0.859. The average molecular weight is 386 g/mol. The van der Waals surface area contributed by atoms with Gasteiger partial charge in [0.2, 0.25) is 0 Å². The van der Waals surface area contributed by atoms with Gasteiger partial charge in [0.25, 0.3) is 5.91 Å². The van der Waals surface area contributed by atoms with Crippen LogP contribution in [-0.2, 0) is 4.79 Å². The number of likely N-dealkylation sites (N-methyl/N-ethyl adjacent to an activating group) is 1. The molecule has 7 heteroatoms. The zero-order chi connectivity index (χ0) is 20.0. The summed E-state index contributed by atoms with van der Waals surface area (Å²) in [5.41, 5.74) is 1.13. The second-order valence-corrected chi connectivity index (χ2v) is 8.79. The van der Waals surface area contributed by atoms with Gasteiger partial charge in [-0.25, -0.2) is 4.79 Å². The molecule has 3 fully saturated rings. The maximum atomic E-state index is 13.4. The van der Waals surface area contributed by atoms with E-state index >= 15 is 0 Å². The summed E-state index contributed by atoms with van der Waals surface area (Å²) in [6.07, 6.45) is 0.446. The first kappa shape index (κ1) is 19.2. The van der Waals surface area contributed by atoms with Crippen LogP contribution in [0.25, 0.3) is 0 Å². The van der Waals surface area contributed by atoms with E-state index in [-0.39, 0.29) is 30.4 Å². The third-order valence-corrected chi connectivity index (χ3v) is 6.10. The maximum absolute atomic E-state index is 13.4. The van der Waals surface area contributed by atoms with Crippen molar-refractivity contribution in [1.82, 2.24) is 20.0 Å². The van der Waals surface area contributed by atoms with E-state index in [0.717, 1.165) is 25.2 Å². The molecular formula is C21H31N5O2. The fourth-order valence-corrected chi connectivity index (χ4v) is 4.63. The first-order chi connectivity index (χ1) is 13.4. The third-order valence-electron chi connectivity index (χ3n) is 6.10. The van der Waals surface area contributed by atoms with Crippen molar-refractivity contribution in [2.75, 3.05) is 31.6 Å². The van der Waals surface area contributed by atoms with Crippen molar-refractivity contribution >= 4 is 17.6 Å². The molecule has 0 saturated carbocycles. The van der Waals surface area contributed by atoms with Crippen molar-refractivity contribution in [2.24, 2.45) is 11.8 Å². The van der Waals surface area contributed by atoms with Gasteiger partial charge in [-0.1, -0.05) is 39.0 Å². The number of amides is 3. The largest absolute Gasteiger partial charge is 0.343 e. The molecule has 0 radical (unpaired) electrons. The van der Waals surface area contributed by atoms with Gasteiger partial charge in [0.05, 0.1) is 0 Å². The predicted octanol–water partition coefficient (Wildman–Crippen LogP) is 1.97. The van der Waals surface area contributed by atoms with Gasteiger partial charge in [-0.2, -0.15) is 0 Å². The number of hydrogen-bond donors (Lipinski definition) is 1. The fourth-order valence-electron chi connectivity index (χ4n) is 4.63. The molecule has 4 atom stereocenters. The molecule has 152 valence electrons. The highest BCUT2D eigenvalue weighted by Crippen LogP contribution is 2.34. The minimum atomic E-state index is -0.339. The summed E-state index contributed by atoms with van der Waals surface area (Å²) in [5, 5.41) is 3.57. The van der Waals surface area contributed by atoms with Gasteiger partial charge in [-0.05, 0) is 30.4 Å². The van der Waals surface area contributed by atoms with E-state index in [9.17, 15) is 9.59 Å². The lowest BCUT2D eigenvalue weighted by Crippen LogP contribution is -2.66. The number of urea groups is 1. The van der Waals surface area contributed by atoms with Crippen LogP contribution < -0.4 is 10.2 Å². The molecule has 28 heavy (non-hydrogen) atoms. The fraction of sp³-hybridized carbons (Fsp3) is 0.619. The Morgan fingerprint density at radius 3 is 2.54 bits per heavy atom. The Kier molecular flexibility index (Phi) is 5.05. The van der Waals surface area contributed by atoms with Crippen LogP contribution in [0.5, 0.6) is 0 Å². The number of carbonyl (C=O) groups excluding carboxylic acids is 2. The van der Waals surface area contributed by atoms with Gasteiger partial charge < -0.3 is 9.80 Å². The number of nitrogens with one attached hydrogen (secondary N) is 1. The standard InChI is InChI=1S/C21H31N5O2/c1-14(2)10-11-24-19(27)17-18(23(4)21(24)28)22-20-25(12-15(3)13-26(17)20)16-8-6-5-7-9-16/h5-9,14-15,17-18,20,22H,10-13H2,1-4H3. The monoisotopic (exact) mass is 385 g/mol. The van der Waals surface area contributed by atoms with E-state index in [1.165, 1.54) is 4.90 Å². The van der Waals surface area contributed by atoms with E-state index in [1.807, 2.05) is 18.2 Å². The second-order valence-electron chi connectivity index (χ2n) is 8.79. The lowest BCUT2D eigenvalue weighted by Gasteiger charge is -2.46. The number of para-hydroxylation sites is 1. The highest BCUT2D eigenvalue weighted by Gasteiger charge is 2.56. The Balaban J connectivity index is 1.63. The Labute approximate surface area is 167 Å². The third kappa shape index (κ3) is 3.16. The second kappa shape index (κ2) is 7.37. The van der Waals surface area contributed by atoms with Crippen LogP contribution in [0, 0.1) is 11.8 Å². The van der Waals surface area contributed by atoms with Crippen LogP contribution in [-0.4, -0.2) is 71.8 Å². The molecule has 0 aromatic heterocycles. The molecule has 3 saturated heterocycles. The number of rotatable bonds is 4. The van der Waals surface area contributed by atoms with E-state index < -0.39 is 0 Å². The maximum Gasteiger partial charge on any atom is 0.327 e. The molecule has 1 aromatic rings. The molecular weight excluding hydrogens is 354 g/mol. The summed E-state index contributed by atoms with van der Waals surface area (Å²) >= 11 is 0. The van der Waals surface area contributed by atoms with Crippen LogP contribution in [0.1, 0.15) is 27.2 Å². The smallest absolute Gasteiger partial charge is 0.327 e. The number of imide groups is 1. The van der Waals surface area contributed by atoms with Gasteiger partial charge >= 0.3 is 6.03 Å². The first-order valence-corrected chi connectivity index (χ1v) is 10.3. The predicted molar refractivity (Wildman–Crippen MR) is 108 cm³/mol. The highest BCUT2D eigenvalue weighted by atomic mass is 16.2. The Bertz CT molecular complexity index is 740. The molecule has 1 aromatic carbocycles. The lowest BCUT2D eigenvalue weighted by atomic mass is 10.0. The number of fused-ring (bicyclic) bond motifs is 3. The summed E-state index contributed by atoms with van der Waals surface area (Å²) in [4.78, 5) is 34.0. The summed E-state index contributed by atoms with van der Waals surface area (Å²) in [5.74, 6) is 0.810. The van der Waals surface area contributed by atoms with Crippen molar-refractivity contribution in [1.29, 1.82) is 0 Å². The van der Waals surface area contributed by atoms with Crippen LogP contribution in [0.2, 0.25) is 0 Å². The van der Waals surface area contributed by atoms with Crippen molar-refractivity contribution in [3.05, 3.63) is 30.3 Å². The number of carbonyl (C=O) groups is 2. The summed E-state index contributed by atoms with van der Waals surface area (Å²) in [6.45, 7) is 8.69. The van der Waals surface area contributed by atoms with Crippen molar-refractivity contribution in [3.8, 4) is 0 Å². The molecule has 3 aliphatic heterocycles. The van der Waals surface area contributed by atoms with E-state index in [1.54, 1.807) is 11.9 Å². The molecule has 3 amide bonds. The van der Waals surface area contributed by atoms with Crippen LogP contribution >= 0.6 is 0 Å². The number of nitrogens with zero attached hydrogens (tertiary/aromatic N) is 4. The van der Waals surface area contributed by atoms with E-state index in [2.05, 4.69) is 48.0 Å². The zero-order valence-corrected chi connectivity index (χ0v) is 17.2. The normalized spacial score (nSPS) is 30.8. The topological polar surface area (TPSA) is 59.1 Å². The summed E-state index contributed by atoms with van der Waals surface area (Å²) < 4.78 is 0. The van der Waals surface area contributed by atoms with Gasteiger partial charge in [0.1, 0.15) is 18.5 Å². The lowest BCUT2D eigenvalue weighted by molar-refractivity contribution is -0.139. The zero-order valence-electron chi connectivity index (χ0n) is 17.2. The number of benzene rings is 1. The van der Waals surface area contributed by atoms with Crippen molar-refractivity contribution in [3.63, 3.8) is 0 Å². The van der Waals surface area contributed by atoms with Crippen LogP contribution in [0.4, 0.5) is 10.5 Å². The molecule has 4 rings (SSSR count). The Morgan fingerprint density at radius 1 is 1.14 bits per heavy atom. The molecule has 1 N–H and O–H groups in total. The summed E-state index contributed by atoms with van der Waals surface area (Å²) in [7, 11) is 1.80. The van der Waals surface area contributed by atoms with Gasteiger partial charge in [0.15, 0.2) is 0 Å². The molecule has 0 bridgehead atoms. The molecule has 0 spiro atoms. The van der Waals surface area contributed by atoms with Gasteiger partial charge in [0, 0.05) is 32.4 Å². The van der Waals surface area contributed by atoms with Gasteiger partial charge in [-0.3, -0.25) is 19.9 Å². The molecule has 3 heterocycles. The summed E-state index contributed by atoms with van der Waals surface area (Å²) in [6, 6.07) is 9.76. The van der Waals surface area contributed by atoms with Crippen LogP contribution in [0.15, 0.2) is 30.3 Å². The Hall–Kier alpha value is -2.12. The molecule has 7 nitrogen and oxygen atoms in total. The molecule has 3 aliphatic rings. The highest BCUT2D eigenvalue weighted by molar-refractivity contribution is 6.00. The number of anilines is 1. The van der Waals surface area contributed by atoms with E-state index in [4.69, 9.17) is 0 Å². The minimum absolute atomic E-state index is 0.0640. The number of hydrogen-bond acceptors (Lipinski definition) is 5. The Morgan fingerprint density at radius 2 is 1.86 bits per heavy atom. The van der Waals surface area contributed by atoms with Crippen molar-refractivity contribution in [2.45, 2.75) is 45.7 Å². The molecule has 0 aliphatic carbocycles. The van der Waals surface area contributed by atoms with Crippen LogP contribution in [0.3, 0.4) is 0 Å². The first-order valence-electron chi connectivity index (χ1n) is 10.3. The average Bonchev–Trinajstić information content (AvgIpc) is 3.05. The van der Waals surface area contributed by atoms with Crippen molar-refractivity contribution < 1.29 is 9.59 Å².